The molecule has 0 spiro atoms. The Balaban J connectivity index is 1.64. The monoisotopic (exact) mass is 414 g/mol. The molecule has 158 valence electrons. The van der Waals surface area contributed by atoms with Crippen LogP contribution in [0.2, 0.25) is 0 Å². The van der Waals surface area contributed by atoms with Crippen molar-refractivity contribution in [2.45, 2.75) is 31.8 Å². The smallest absolute Gasteiger partial charge is 0.303 e. The predicted molar refractivity (Wildman–Crippen MR) is 105 cm³/mol. The molecule has 0 bridgehead atoms. The normalized spacial score (nSPS) is 12.8. The predicted octanol–water partition coefficient (Wildman–Crippen LogP) is 1.33. The van der Waals surface area contributed by atoms with Gasteiger partial charge in [0.1, 0.15) is 11.8 Å². The van der Waals surface area contributed by atoms with Crippen LogP contribution < -0.4 is 20.1 Å². The van der Waals surface area contributed by atoms with Crippen molar-refractivity contribution < 1.29 is 34.1 Å². The number of nitrogens with one attached hydrogen (secondary N) is 2. The van der Waals surface area contributed by atoms with Gasteiger partial charge in [-0.15, -0.1) is 0 Å². The van der Waals surface area contributed by atoms with Crippen molar-refractivity contribution in [2.24, 2.45) is 0 Å². The molecular formula is C21H22N2O7. The van der Waals surface area contributed by atoms with Gasteiger partial charge in [0, 0.05) is 19.4 Å². The Labute approximate surface area is 172 Å². The number of hydrogen-bond acceptors (Lipinski definition) is 6. The van der Waals surface area contributed by atoms with Crippen molar-refractivity contribution in [2.75, 3.05) is 6.79 Å². The van der Waals surface area contributed by atoms with E-state index in [9.17, 15) is 19.5 Å². The van der Waals surface area contributed by atoms with Gasteiger partial charge in [0.25, 0.3) is 0 Å². The van der Waals surface area contributed by atoms with Crippen LogP contribution in [0.4, 0.5) is 0 Å². The zero-order chi connectivity index (χ0) is 21.5. The summed E-state index contributed by atoms with van der Waals surface area (Å²) in [4.78, 5) is 35.5. The summed E-state index contributed by atoms with van der Waals surface area (Å²) in [6.07, 6.45) is -0.362. The molecule has 0 saturated heterocycles. The number of phenolic OH excluding ortho intramolecular Hbond substituents is 1. The second-order valence-electron chi connectivity index (χ2n) is 6.79. The van der Waals surface area contributed by atoms with Crippen LogP contribution in [-0.2, 0) is 27.3 Å². The largest absolute Gasteiger partial charge is 0.508 e. The van der Waals surface area contributed by atoms with Gasteiger partial charge in [-0.1, -0.05) is 18.2 Å². The van der Waals surface area contributed by atoms with Crippen molar-refractivity contribution in [1.29, 1.82) is 0 Å². The number of carboxylic acids is 1. The van der Waals surface area contributed by atoms with E-state index in [4.69, 9.17) is 14.6 Å². The maximum absolute atomic E-state index is 12.7. The highest BCUT2D eigenvalue weighted by molar-refractivity contribution is 5.88. The lowest BCUT2D eigenvalue weighted by Crippen LogP contribution is -2.47. The van der Waals surface area contributed by atoms with E-state index in [1.807, 2.05) is 0 Å². The first kappa shape index (κ1) is 21.0. The van der Waals surface area contributed by atoms with Crippen LogP contribution in [0.5, 0.6) is 17.2 Å². The number of carboxylic acid groups (broad SMARTS) is 1. The fraction of sp³-hybridized carbons (Fsp3) is 0.286. The molecule has 1 aliphatic rings. The fourth-order valence-electron chi connectivity index (χ4n) is 2.93. The second kappa shape index (κ2) is 9.64. The van der Waals surface area contributed by atoms with E-state index in [0.717, 1.165) is 11.1 Å². The number of benzene rings is 2. The van der Waals surface area contributed by atoms with Crippen LogP contribution in [0.3, 0.4) is 0 Å². The minimum Gasteiger partial charge on any atom is -0.508 e. The molecule has 0 unspecified atom stereocenters. The summed E-state index contributed by atoms with van der Waals surface area (Å²) >= 11 is 0. The molecule has 1 heterocycles. The van der Waals surface area contributed by atoms with Crippen LogP contribution in [0, 0.1) is 0 Å². The summed E-state index contributed by atoms with van der Waals surface area (Å²) in [5, 5.41) is 23.5. The molecule has 3 rings (SSSR count). The third kappa shape index (κ3) is 5.87. The third-order valence-corrected chi connectivity index (χ3v) is 4.50. The molecule has 1 aliphatic heterocycles. The zero-order valence-electron chi connectivity index (χ0n) is 16.1. The number of aliphatic carboxylic acids is 1. The van der Waals surface area contributed by atoms with Crippen molar-refractivity contribution in [3.63, 3.8) is 0 Å². The highest BCUT2D eigenvalue weighted by Gasteiger charge is 2.22. The third-order valence-electron chi connectivity index (χ3n) is 4.50. The molecule has 0 fully saturated rings. The van der Waals surface area contributed by atoms with Gasteiger partial charge in [0.15, 0.2) is 11.5 Å². The number of aromatic hydroxyl groups is 1. The molecule has 9 heteroatoms. The van der Waals surface area contributed by atoms with Crippen LogP contribution in [0.1, 0.15) is 24.0 Å². The maximum atomic E-state index is 12.7. The number of fused-ring (bicyclic) bond motifs is 1. The van der Waals surface area contributed by atoms with E-state index in [-0.39, 0.29) is 38.3 Å². The van der Waals surface area contributed by atoms with Gasteiger partial charge in [-0.3, -0.25) is 14.4 Å². The van der Waals surface area contributed by atoms with Crippen LogP contribution in [0.25, 0.3) is 0 Å². The van der Waals surface area contributed by atoms with E-state index >= 15 is 0 Å². The van der Waals surface area contributed by atoms with Gasteiger partial charge in [-0.2, -0.15) is 0 Å². The molecule has 2 aromatic carbocycles. The van der Waals surface area contributed by atoms with Gasteiger partial charge in [0.05, 0.1) is 6.42 Å². The molecule has 2 amide bonds. The van der Waals surface area contributed by atoms with Gasteiger partial charge in [-0.25, -0.2) is 0 Å². The number of carbonyl (C=O) groups excluding carboxylic acids is 2. The van der Waals surface area contributed by atoms with Gasteiger partial charge < -0.3 is 30.3 Å². The van der Waals surface area contributed by atoms with Crippen LogP contribution >= 0.6 is 0 Å². The number of amides is 2. The van der Waals surface area contributed by atoms with Crippen molar-refractivity contribution in [3.8, 4) is 17.2 Å². The van der Waals surface area contributed by atoms with E-state index in [1.54, 1.807) is 30.3 Å². The van der Waals surface area contributed by atoms with E-state index in [2.05, 4.69) is 10.6 Å². The minimum absolute atomic E-state index is 0.0908. The van der Waals surface area contributed by atoms with E-state index < -0.39 is 23.8 Å². The highest BCUT2D eigenvalue weighted by Crippen LogP contribution is 2.32. The Kier molecular flexibility index (Phi) is 6.74. The lowest BCUT2D eigenvalue weighted by Gasteiger charge is -2.19. The molecule has 0 radical (unpaired) electrons. The number of ether oxygens (including phenoxy) is 2. The van der Waals surface area contributed by atoms with Crippen molar-refractivity contribution in [3.05, 3.63) is 53.6 Å². The summed E-state index contributed by atoms with van der Waals surface area (Å²) in [6.45, 7) is 0.370. The first-order chi connectivity index (χ1) is 14.4. The van der Waals surface area contributed by atoms with Gasteiger partial charge >= 0.3 is 5.97 Å². The Morgan fingerprint density at radius 2 is 1.67 bits per heavy atom. The summed E-state index contributed by atoms with van der Waals surface area (Å²) in [6, 6.07) is 10.7. The molecule has 1 atom stereocenters. The summed E-state index contributed by atoms with van der Waals surface area (Å²) in [5.74, 6) is -0.699. The Morgan fingerprint density at radius 1 is 0.967 bits per heavy atom. The van der Waals surface area contributed by atoms with Crippen LogP contribution in [0.15, 0.2) is 42.5 Å². The SMILES string of the molecule is O=C(O)CCC(=O)N[C@@H](Cc1ccc(O)cc1)C(=O)NCc1ccc2c(c1)OCO2. The molecule has 0 aliphatic carbocycles. The number of carbonyl (C=O) groups is 3. The quantitative estimate of drug-likeness (QED) is 0.486. The van der Waals surface area contributed by atoms with Gasteiger partial charge in [0.2, 0.25) is 18.6 Å². The summed E-state index contributed by atoms with van der Waals surface area (Å²) in [5.41, 5.74) is 1.53. The zero-order valence-corrected chi connectivity index (χ0v) is 16.1. The maximum Gasteiger partial charge on any atom is 0.303 e. The molecule has 30 heavy (non-hydrogen) atoms. The van der Waals surface area contributed by atoms with E-state index in [0.29, 0.717) is 11.5 Å². The molecule has 0 saturated carbocycles. The average Bonchev–Trinajstić information content (AvgIpc) is 3.19. The minimum atomic E-state index is -1.09. The molecular weight excluding hydrogens is 392 g/mol. The molecule has 0 aromatic heterocycles. The Morgan fingerprint density at radius 3 is 2.40 bits per heavy atom. The second-order valence-corrected chi connectivity index (χ2v) is 6.79. The van der Waals surface area contributed by atoms with Gasteiger partial charge in [-0.05, 0) is 35.4 Å². The lowest BCUT2D eigenvalue weighted by molar-refractivity contribution is -0.139. The first-order valence-electron chi connectivity index (χ1n) is 9.36. The topological polar surface area (TPSA) is 134 Å². The van der Waals surface area contributed by atoms with E-state index in [1.165, 1.54) is 12.1 Å². The first-order valence-corrected chi connectivity index (χ1v) is 9.36. The summed E-state index contributed by atoms with van der Waals surface area (Å²) in [7, 11) is 0. The van der Waals surface area contributed by atoms with Crippen molar-refractivity contribution >= 4 is 17.8 Å². The summed E-state index contributed by atoms with van der Waals surface area (Å²) < 4.78 is 10.6. The Hall–Kier alpha value is -3.75. The van der Waals surface area contributed by atoms with Crippen molar-refractivity contribution in [1.82, 2.24) is 10.6 Å². The fourth-order valence-corrected chi connectivity index (χ4v) is 2.93. The lowest BCUT2D eigenvalue weighted by atomic mass is 10.0. The molecule has 2 aromatic rings. The molecule has 4 N–H and O–H groups in total. The number of phenols is 1. The number of hydrogen-bond donors (Lipinski definition) is 4. The Bertz CT molecular complexity index is 927. The number of rotatable bonds is 9. The average molecular weight is 414 g/mol. The highest BCUT2D eigenvalue weighted by atomic mass is 16.7. The molecule has 9 nitrogen and oxygen atoms in total. The standard InChI is InChI=1S/C21H22N2O7/c24-15-4-1-13(2-5-15)9-16(23-19(25)7-8-20(26)27)21(28)22-11-14-3-6-17-18(10-14)30-12-29-17/h1-6,10,16,24H,7-9,11-12H2,(H,22,28)(H,23,25)(H,26,27)/t16-/m0/s1. The van der Waals surface area contributed by atoms with Crippen LogP contribution in [-0.4, -0.2) is 40.8 Å².